The summed E-state index contributed by atoms with van der Waals surface area (Å²) < 4.78 is 4.75. The Morgan fingerprint density at radius 1 is 1.33 bits per heavy atom. The van der Waals surface area contributed by atoms with Crippen LogP contribution in [0.15, 0.2) is 0 Å². The van der Waals surface area contributed by atoms with Crippen molar-refractivity contribution >= 4 is 0 Å². The zero-order valence-electron chi connectivity index (χ0n) is 4.49. The maximum atomic E-state index is 4.75. The van der Waals surface area contributed by atoms with Crippen molar-refractivity contribution < 1.29 is 10.2 Å². The molecule has 2 heteroatoms. The lowest BCUT2D eigenvalue weighted by Gasteiger charge is -1.94. The van der Waals surface area contributed by atoms with Crippen LogP contribution in [0.25, 0.3) is 0 Å². The summed E-state index contributed by atoms with van der Waals surface area (Å²) in [5.41, 5.74) is 0. The van der Waals surface area contributed by atoms with E-state index in [4.69, 9.17) is 4.74 Å². The molecule has 0 saturated heterocycles. The minimum atomic E-state index is 0. The molecule has 0 aliphatic rings. The molecule has 0 aromatic rings. The molecule has 0 saturated carbocycles. The summed E-state index contributed by atoms with van der Waals surface area (Å²) >= 11 is 0. The maximum absolute atomic E-state index is 4.75. The highest BCUT2D eigenvalue weighted by molar-refractivity contribution is 4.27. The molecule has 0 aliphatic carbocycles. The van der Waals surface area contributed by atoms with Crippen molar-refractivity contribution in [3.63, 3.8) is 0 Å². The molecule has 0 atom stereocenters. The summed E-state index contributed by atoms with van der Waals surface area (Å²) in [5, 5.41) is 0. The molecule has 40 valence electrons. The van der Waals surface area contributed by atoms with Gasteiger partial charge in [-0.25, -0.2) is 0 Å². The molecule has 0 aromatic heterocycles. The maximum Gasteiger partial charge on any atom is 0.0515 e. The second kappa shape index (κ2) is 4.92. The van der Waals surface area contributed by atoms with Crippen molar-refractivity contribution in [3.8, 4) is 0 Å². The predicted octanol–water partition coefficient (Wildman–Crippen LogP) is 0.217. The van der Waals surface area contributed by atoms with Gasteiger partial charge in [-0.1, -0.05) is 0 Å². The lowest BCUT2D eigenvalue weighted by atomic mass is 10.5. The van der Waals surface area contributed by atoms with Gasteiger partial charge < -0.3 is 10.2 Å². The van der Waals surface area contributed by atoms with E-state index in [1.54, 1.807) is 7.11 Å². The van der Waals surface area contributed by atoms with Gasteiger partial charge in [-0.15, -0.1) is 0 Å². The third-order valence-electron chi connectivity index (χ3n) is 0.471. The quantitative estimate of drug-likeness (QED) is 0.456. The lowest BCUT2D eigenvalue weighted by Crippen LogP contribution is -1.94. The van der Waals surface area contributed by atoms with Crippen LogP contribution in [-0.4, -0.2) is 18.7 Å². The number of hydrogen-bond acceptors (Lipinski definition) is 1. The Kier molecular flexibility index (Phi) is 7.65. The van der Waals surface area contributed by atoms with Crippen LogP contribution in [0, 0.1) is 0 Å². The lowest BCUT2D eigenvalue weighted by molar-refractivity contribution is 0.134. The van der Waals surface area contributed by atoms with Crippen LogP contribution in [0.4, 0.5) is 0 Å². The van der Waals surface area contributed by atoms with Gasteiger partial charge >= 0.3 is 0 Å². The van der Waals surface area contributed by atoms with Crippen molar-refractivity contribution in [1.29, 1.82) is 0 Å². The van der Waals surface area contributed by atoms with E-state index >= 15 is 0 Å². The van der Waals surface area contributed by atoms with Crippen molar-refractivity contribution in [1.82, 2.24) is 0 Å². The Bertz CT molecular complexity index is 19.5. The van der Waals surface area contributed by atoms with Gasteiger partial charge in [-0.3, -0.25) is 0 Å². The first-order chi connectivity index (χ1) is 2.27. The molecule has 0 heterocycles. The third kappa shape index (κ3) is 9.07. The minimum Gasteiger partial charge on any atom is -0.412 e. The first-order valence-electron chi connectivity index (χ1n) is 1.80. The Hall–Kier alpha value is -0.0800. The van der Waals surface area contributed by atoms with Crippen LogP contribution in [-0.2, 0) is 4.74 Å². The van der Waals surface area contributed by atoms with E-state index in [9.17, 15) is 0 Å². The van der Waals surface area contributed by atoms with Gasteiger partial charge in [0.15, 0.2) is 0 Å². The molecule has 0 aliphatic heterocycles. The summed E-state index contributed by atoms with van der Waals surface area (Å²) in [4.78, 5) is 0. The Morgan fingerprint density at radius 3 is 1.50 bits per heavy atom. The average Bonchev–Trinajstić information content (AvgIpc) is 1.38. The van der Waals surface area contributed by atoms with Crippen LogP contribution in [0.5, 0.6) is 0 Å². The monoisotopic (exact) mass is 92.1 g/mol. The number of methoxy groups -OCH3 is 1. The van der Waals surface area contributed by atoms with E-state index in [1.165, 1.54) is 0 Å². The zero-order chi connectivity index (χ0) is 4.28. The van der Waals surface area contributed by atoms with E-state index in [2.05, 4.69) is 0 Å². The number of rotatable bonds is 1. The summed E-state index contributed by atoms with van der Waals surface area (Å²) in [6.07, 6.45) is 0.384. The molecule has 0 rings (SSSR count). The number of hydrogen-bond donors (Lipinski definition) is 0. The second-order valence-electron chi connectivity index (χ2n) is 1.28. The Morgan fingerprint density at radius 2 is 1.50 bits per heavy atom. The molecule has 0 radical (unpaired) electrons. The van der Waals surface area contributed by atoms with Crippen LogP contribution < -0.4 is 0 Å². The van der Waals surface area contributed by atoms with E-state index in [0.717, 1.165) is 0 Å². The van der Waals surface area contributed by atoms with Crippen molar-refractivity contribution in [2.45, 2.75) is 20.0 Å². The second-order valence-corrected chi connectivity index (χ2v) is 1.28. The molecule has 0 aromatic carbocycles. The third-order valence-corrected chi connectivity index (χ3v) is 0.471. The zero-order valence-corrected chi connectivity index (χ0v) is 4.49. The van der Waals surface area contributed by atoms with Gasteiger partial charge in [0.25, 0.3) is 0 Å². The summed E-state index contributed by atoms with van der Waals surface area (Å²) in [6.45, 7) is 4.00. The molecule has 0 amide bonds. The van der Waals surface area contributed by atoms with E-state index in [1.807, 2.05) is 13.8 Å². The van der Waals surface area contributed by atoms with Gasteiger partial charge in [0.05, 0.1) is 6.10 Å². The van der Waals surface area contributed by atoms with E-state index in [-0.39, 0.29) is 5.48 Å². The molecule has 2 nitrogen and oxygen atoms in total. The summed E-state index contributed by atoms with van der Waals surface area (Å²) in [7, 11) is 1.70. The normalized spacial score (nSPS) is 8.00. The molecule has 6 heavy (non-hydrogen) atoms. The highest BCUT2D eigenvalue weighted by atomic mass is 16.5. The molecule has 0 fully saturated rings. The van der Waals surface area contributed by atoms with Crippen LogP contribution in [0.3, 0.4) is 0 Å². The van der Waals surface area contributed by atoms with Gasteiger partial charge in [-0.05, 0) is 13.8 Å². The van der Waals surface area contributed by atoms with Gasteiger partial charge in [0.2, 0.25) is 0 Å². The molecular weight excluding hydrogens is 80.0 g/mol. The molecule has 0 bridgehead atoms. The first kappa shape index (κ1) is 9.33. The molecule has 0 unspecified atom stereocenters. The average molecular weight is 92.1 g/mol. The van der Waals surface area contributed by atoms with Gasteiger partial charge in [0, 0.05) is 7.11 Å². The fraction of sp³-hybridized carbons (Fsp3) is 1.00. The molecule has 0 spiro atoms. The minimum absolute atomic E-state index is 0. The molecular formula is C4H12O2. The van der Waals surface area contributed by atoms with Crippen molar-refractivity contribution in [3.05, 3.63) is 0 Å². The Labute approximate surface area is 38.4 Å². The van der Waals surface area contributed by atoms with E-state index in [0.29, 0.717) is 6.10 Å². The highest BCUT2D eigenvalue weighted by Gasteiger charge is 1.78. The highest BCUT2D eigenvalue weighted by Crippen LogP contribution is 1.77. The molecule has 2 N–H and O–H groups in total. The van der Waals surface area contributed by atoms with Crippen molar-refractivity contribution in [2.24, 2.45) is 0 Å². The predicted molar refractivity (Wildman–Crippen MR) is 25.8 cm³/mol. The topological polar surface area (TPSA) is 40.7 Å². The van der Waals surface area contributed by atoms with Crippen LogP contribution in [0.2, 0.25) is 0 Å². The van der Waals surface area contributed by atoms with Crippen LogP contribution in [0.1, 0.15) is 13.8 Å². The summed E-state index contributed by atoms with van der Waals surface area (Å²) in [6, 6.07) is 0. The fourth-order valence-electron chi connectivity index (χ4n) is 0. The standard InChI is InChI=1S/C4H10O.H2O/c1-4(2)5-3;/h4H,1-3H3;1H2. The fourth-order valence-corrected chi connectivity index (χ4v) is 0. The van der Waals surface area contributed by atoms with Gasteiger partial charge in [-0.2, -0.15) is 0 Å². The smallest absolute Gasteiger partial charge is 0.0515 e. The van der Waals surface area contributed by atoms with Crippen LogP contribution >= 0.6 is 0 Å². The Balaban J connectivity index is 0. The van der Waals surface area contributed by atoms with Gasteiger partial charge in [0.1, 0.15) is 0 Å². The summed E-state index contributed by atoms with van der Waals surface area (Å²) in [5.74, 6) is 0. The first-order valence-corrected chi connectivity index (χ1v) is 1.80. The van der Waals surface area contributed by atoms with Crippen molar-refractivity contribution in [2.75, 3.05) is 7.11 Å². The van der Waals surface area contributed by atoms with E-state index < -0.39 is 0 Å². The SMILES string of the molecule is COC(C)C.O. The largest absolute Gasteiger partial charge is 0.412 e. The number of ether oxygens (including phenoxy) is 1.